The third kappa shape index (κ3) is 4.21. The first-order valence-electron chi connectivity index (χ1n) is 7.55. The number of amides is 1. The van der Waals surface area contributed by atoms with Gasteiger partial charge in [-0.15, -0.1) is 0 Å². The minimum Gasteiger partial charge on any atom is -0.389 e. The lowest BCUT2D eigenvalue weighted by molar-refractivity contribution is -0.140. The highest BCUT2D eigenvalue weighted by molar-refractivity contribution is 6.29. The van der Waals surface area contributed by atoms with Gasteiger partial charge in [-0.2, -0.15) is 0 Å². The molecule has 0 bridgehead atoms. The van der Waals surface area contributed by atoms with E-state index in [1.165, 1.54) is 0 Å². The fraction of sp³-hybridized carbons (Fsp3) is 0.733. The Labute approximate surface area is 135 Å². The lowest BCUT2D eigenvalue weighted by atomic mass is 9.80. The van der Waals surface area contributed by atoms with Gasteiger partial charge in [-0.3, -0.25) is 4.79 Å². The van der Waals surface area contributed by atoms with Gasteiger partial charge in [0.2, 0.25) is 5.91 Å². The molecule has 2 atom stereocenters. The minimum atomic E-state index is -0.745. The summed E-state index contributed by atoms with van der Waals surface area (Å²) in [5.74, 6) is 0.702. The Kier molecular flexibility index (Phi) is 5.83. The van der Waals surface area contributed by atoms with Gasteiger partial charge in [-0.1, -0.05) is 23.7 Å². The molecule has 0 spiro atoms. The summed E-state index contributed by atoms with van der Waals surface area (Å²) in [6.07, 6.45) is 2.02. The fourth-order valence-electron chi connectivity index (χ4n) is 2.84. The van der Waals surface area contributed by atoms with Gasteiger partial charge in [-0.05, 0) is 12.8 Å². The maximum atomic E-state index is 12.3. The molecule has 0 saturated carbocycles. The SMILES string of the molecule is COCC[C@@]1(O)CCN(C(=O)CCc2cc(Cl)no2)C[C@@H]1C. The highest BCUT2D eigenvalue weighted by Gasteiger charge is 2.39. The first-order valence-corrected chi connectivity index (χ1v) is 7.92. The number of carbonyl (C=O) groups excluding carboxylic acids is 1. The van der Waals surface area contributed by atoms with Crippen molar-refractivity contribution in [1.29, 1.82) is 0 Å². The zero-order valence-electron chi connectivity index (χ0n) is 13.0. The molecule has 0 radical (unpaired) electrons. The first-order chi connectivity index (χ1) is 10.4. The van der Waals surface area contributed by atoms with E-state index in [0.717, 1.165) is 0 Å². The third-order valence-electron chi connectivity index (χ3n) is 4.43. The largest absolute Gasteiger partial charge is 0.389 e. The number of aromatic nitrogens is 1. The van der Waals surface area contributed by atoms with Gasteiger partial charge in [0.15, 0.2) is 5.15 Å². The normalized spacial score (nSPS) is 25.5. The summed E-state index contributed by atoms with van der Waals surface area (Å²) < 4.78 is 10.0. The lowest BCUT2D eigenvalue weighted by Crippen LogP contribution is -2.52. The number of likely N-dealkylation sites (tertiary alicyclic amines) is 1. The van der Waals surface area contributed by atoms with Gasteiger partial charge in [0.25, 0.3) is 0 Å². The van der Waals surface area contributed by atoms with E-state index in [0.29, 0.717) is 56.3 Å². The van der Waals surface area contributed by atoms with E-state index in [4.69, 9.17) is 20.9 Å². The van der Waals surface area contributed by atoms with Crippen molar-refractivity contribution >= 4 is 17.5 Å². The second kappa shape index (κ2) is 7.44. The van der Waals surface area contributed by atoms with E-state index in [2.05, 4.69) is 5.16 Å². The molecule has 1 aliphatic rings. The second-order valence-electron chi connectivity index (χ2n) is 5.95. The van der Waals surface area contributed by atoms with Crippen molar-refractivity contribution < 1.29 is 19.2 Å². The zero-order valence-corrected chi connectivity index (χ0v) is 13.8. The fourth-order valence-corrected chi connectivity index (χ4v) is 2.99. The Morgan fingerprint density at radius 1 is 1.68 bits per heavy atom. The van der Waals surface area contributed by atoms with E-state index in [1.54, 1.807) is 13.2 Å². The van der Waals surface area contributed by atoms with Gasteiger partial charge in [0.1, 0.15) is 5.76 Å². The predicted molar refractivity (Wildman–Crippen MR) is 81.6 cm³/mol. The molecule has 1 saturated heterocycles. The van der Waals surface area contributed by atoms with Crippen molar-refractivity contribution in [3.8, 4) is 0 Å². The van der Waals surface area contributed by atoms with Crippen molar-refractivity contribution in [3.63, 3.8) is 0 Å². The van der Waals surface area contributed by atoms with Crippen LogP contribution in [0.15, 0.2) is 10.6 Å². The highest BCUT2D eigenvalue weighted by Crippen LogP contribution is 2.31. The van der Waals surface area contributed by atoms with E-state index in [9.17, 15) is 9.90 Å². The van der Waals surface area contributed by atoms with E-state index < -0.39 is 5.60 Å². The number of hydrogen-bond acceptors (Lipinski definition) is 5. The number of aliphatic hydroxyl groups is 1. The van der Waals surface area contributed by atoms with Gasteiger partial charge in [0, 0.05) is 51.6 Å². The number of hydrogen-bond donors (Lipinski definition) is 1. The van der Waals surface area contributed by atoms with Crippen LogP contribution in [0.2, 0.25) is 5.15 Å². The molecule has 1 N–H and O–H groups in total. The van der Waals surface area contributed by atoms with Gasteiger partial charge in [0.05, 0.1) is 5.60 Å². The van der Waals surface area contributed by atoms with Crippen LogP contribution in [0, 0.1) is 5.92 Å². The molecule has 6 nitrogen and oxygen atoms in total. The standard InChI is InChI=1S/C15H23ClN2O4/c1-11-10-18(7-5-15(11,20)6-8-21-2)14(19)4-3-12-9-13(16)17-22-12/h9,11,20H,3-8,10H2,1-2H3/t11-,15-/m0/s1. The third-order valence-corrected chi connectivity index (χ3v) is 4.61. The number of halogens is 1. The lowest BCUT2D eigenvalue weighted by Gasteiger charge is -2.43. The van der Waals surface area contributed by atoms with Gasteiger partial charge >= 0.3 is 0 Å². The molecular weight excluding hydrogens is 308 g/mol. The van der Waals surface area contributed by atoms with Crippen LogP contribution in [0.1, 0.15) is 31.9 Å². The smallest absolute Gasteiger partial charge is 0.223 e. The molecule has 124 valence electrons. The van der Waals surface area contributed by atoms with Crippen molar-refractivity contribution in [2.24, 2.45) is 5.92 Å². The summed E-state index contributed by atoms with van der Waals surface area (Å²) in [6, 6.07) is 1.62. The quantitative estimate of drug-likeness (QED) is 0.862. The van der Waals surface area contributed by atoms with Gasteiger partial charge < -0.3 is 19.3 Å². The molecule has 1 aromatic heterocycles. The highest BCUT2D eigenvalue weighted by atomic mass is 35.5. The Balaban J connectivity index is 1.83. The predicted octanol–water partition coefficient (Wildman–Crippen LogP) is 1.90. The Bertz CT molecular complexity index is 507. The summed E-state index contributed by atoms with van der Waals surface area (Å²) in [7, 11) is 1.63. The Hall–Kier alpha value is -1.11. The summed E-state index contributed by atoms with van der Waals surface area (Å²) in [6.45, 7) is 3.64. The number of nitrogens with zero attached hydrogens (tertiary/aromatic N) is 2. The Morgan fingerprint density at radius 3 is 3.05 bits per heavy atom. The monoisotopic (exact) mass is 330 g/mol. The Morgan fingerprint density at radius 2 is 2.45 bits per heavy atom. The second-order valence-corrected chi connectivity index (χ2v) is 6.34. The average molecular weight is 331 g/mol. The zero-order chi connectivity index (χ0) is 16.2. The molecule has 1 aliphatic heterocycles. The van der Waals surface area contributed by atoms with E-state index >= 15 is 0 Å². The van der Waals surface area contributed by atoms with Crippen molar-refractivity contribution in [1.82, 2.24) is 10.1 Å². The maximum Gasteiger partial charge on any atom is 0.223 e. The van der Waals surface area contributed by atoms with Crippen molar-refractivity contribution in [3.05, 3.63) is 17.0 Å². The molecule has 7 heteroatoms. The summed E-state index contributed by atoms with van der Waals surface area (Å²) in [5.41, 5.74) is -0.745. The molecule has 0 aromatic carbocycles. The molecule has 1 amide bonds. The summed E-state index contributed by atoms with van der Waals surface area (Å²) in [5, 5.41) is 14.5. The minimum absolute atomic E-state index is 0.0278. The molecule has 2 rings (SSSR count). The topological polar surface area (TPSA) is 75.8 Å². The van der Waals surface area contributed by atoms with Gasteiger partial charge in [-0.25, -0.2) is 0 Å². The molecule has 0 aliphatic carbocycles. The molecule has 22 heavy (non-hydrogen) atoms. The summed E-state index contributed by atoms with van der Waals surface area (Å²) >= 11 is 5.68. The van der Waals surface area contributed by atoms with Crippen LogP contribution >= 0.6 is 11.6 Å². The number of piperidine rings is 1. The number of methoxy groups -OCH3 is 1. The van der Waals surface area contributed by atoms with Crippen LogP contribution < -0.4 is 0 Å². The number of ether oxygens (including phenoxy) is 1. The van der Waals surface area contributed by atoms with Crippen LogP contribution in [-0.4, -0.2) is 53.5 Å². The molecule has 1 fully saturated rings. The molecule has 0 unspecified atom stereocenters. The van der Waals surface area contributed by atoms with Crippen molar-refractivity contribution in [2.75, 3.05) is 26.8 Å². The van der Waals surface area contributed by atoms with Crippen LogP contribution in [0.4, 0.5) is 0 Å². The molecule has 2 heterocycles. The van der Waals surface area contributed by atoms with Crippen LogP contribution in [0.3, 0.4) is 0 Å². The number of rotatable bonds is 6. The van der Waals surface area contributed by atoms with E-state index in [1.807, 2.05) is 11.8 Å². The van der Waals surface area contributed by atoms with E-state index in [-0.39, 0.29) is 11.8 Å². The number of aryl methyl sites for hydroxylation is 1. The van der Waals surface area contributed by atoms with Crippen molar-refractivity contribution in [2.45, 2.75) is 38.2 Å². The number of carbonyl (C=O) groups is 1. The molecular formula is C15H23ClN2O4. The summed E-state index contributed by atoms with van der Waals surface area (Å²) in [4.78, 5) is 14.1. The van der Waals surface area contributed by atoms with Crippen LogP contribution in [-0.2, 0) is 16.0 Å². The first kappa shape index (κ1) is 17.2. The van der Waals surface area contributed by atoms with Crippen LogP contribution in [0.5, 0.6) is 0 Å². The molecule has 1 aromatic rings. The maximum absolute atomic E-state index is 12.3. The average Bonchev–Trinajstić information content (AvgIpc) is 2.91. The van der Waals surface area contributed by atoms with Crippen LogP contribution in [0.25, 0.3) is 0 Å².